The average molecular weight is 445 g/mol. The monoisotopic (exact) mass is 445 g/mol. The van der Waals surface area contributed by atoms with Gasteiger partial charge in [-0.1, -0.05) is 42.5 Å². The third kappa shape index (κ3) is 6.24. The first kappa shape index (κ1) is 24.7. The highest BCUT2D eigenvalue weighted by atomic mass is 19.4. The molecule has 5 nitrogen and oxygen atoms in total. The summed E-state index contributed by atoms with van der Waals surface area (Å²) in [6.45, 7) is 3.93. The van der Waals surface area contributed by atoms with E-state index in [0.29, 0.717) is 12.0 Å². The fraction of sp³-hybridized carbons (Fsp3) is 0.208. The molecular formula is C24H26F3N3O2. The van der Waals surface area contributed by atoms with Crippen LogP contribution in [0.2, 0.25) is 0 Å². The molecule has 0 aromatic heterocycles. The van der Waals surface area contributed by atoms with E-state index in [4.69, 9.17) is 9.53 Å². The number of hydrogen-bond donors (Lipinski definition) is 3. The van der Waals surface area contributed by atoms with Gasteiger partial charge in [0.15, 0.2) is 0 Å². The molecule has 3 aromatic carbocycles. The summed E-state index contributed by atoms with van der Waals surface area (Å²) in [5.74, 6) is 4.60. The predicted molar refractivity (Wildman–Crippen MR) is 120 cm³/mol. The molecule has 0 aliphatic heterocycles. The number of carbonyl (C=O) groups is 1. The fourth-order valence-electron chi connectivity index (χ4n) is 3.24. The summed E-state index contributed by atoms with van der Waals surface area (Å²) in [6.07, 6.45) is -4.07. The molecule has 0 unspecified atom stereocenters. The van der Waals surface area contributed by atoms with Crippen LogP contribution in [0.1, 0.15) is 22.3 Å². The Morgan fingerprint density at radius 1 is 0.969 bits per heavy atom. The van der Waals surface area contributed by atoms with Gasteiger partial charge in [-0.05, 0) is 54.3 Å². The number of alkyl halides is 3. The third-order valence-electron chi connectivity index (χ3n) is 4.86. The molecule has 0 atom stereocenters. The number of benzene rings is 3. The lowest BCUT2D eigenvalue weighted by Gasteiger charge is -2.18. The van der Waals surface area contributed by atoms with E-state index in [1.807, 2.05) is 31.2 Å². The molecule has 0 saturated heterocycles. The van der Waals surface area contributed by atoms with Crippen LogP contribution < -0.4 is 21.3 Å². The van der Waals surface area contributed by atoms with Crippen molar-refractivity contribution in [2.45, 2.75) is 26.6 Å². The van der Waals surface area contributed by atoms with Crippen LogP contribution in [0, 0.1) is 13.8 Å². The first-order chi connectivity index (χ1) is 15.2. The summed E-state index contributed by atoms with van der Waals surface area (Å²) < 4.78 is 46.9. The van der Waals surface area contributed by atoms with Crippen LogP contribution in [0.5, 0.6) is 5.75 Å². The average Bonchev–Trinajstić information content (AvgIpc) is 2.78. The van der Waals surface area contributed by atoms with Crippen molar-refractivity contribution in [3.63, 3.8) is 0 Å². The van der Waals surface area contributed by atoms with Crippen LogP contribution in [-0.4, -0.2) is 13.5 Å². The van der Waals surface area contributed by atoms with Gasteiger partial charge < -0.3 is 10.1 Å². The van der Waals surface area contributed by atoms with Crippen LogP contribution in [0.15, 0.2) is 60.7 Å². The van der Waals surface area contributed by atoms with Gasteiger partial charge >= 0.3 is 6.18 Å². The Balaban J connectivity index is 0.000000837. The number of hydrazine groups is 1. The van der Waals surface area contributed by atoms with Gasteiger partial charge in [0, 0.05) is 18.3 Å². The molecule has 0 spiro atoms. The first-order valence-corrected chi connectivity index (χ1v) is 9.79. The number of amides is 1. The molecule has 4 N–H and O–H groups in total. The normalized spacial score (nSPS) is 10.6. The maximum atomic E-state index is 13.7. The predicted octanol–water partition coefficient (Wildman–Crippen LogP) is 5.22. The molecule has 0 heterocycles. The standard InChI is InChI=1S/C23H22F3NO.CH4N2O/c1-15-7-4-5-9-18(15)19-12-11-17(13-21(19)23(24,25)26)28-14-20-16(2)8-6-10-22(20)27-3;2-3-1-4/h4-13,27H,14H2,1-3H3;1H,2H2,(H,3,4). The highest BCUT2D eigenvalue weighted by molar-refractivity contribution is 5.72. The minimum absolute atomic E-state index is 0.157. The molecular weight excluding hydrogens is 419 g/mol. The molecule has 3 aromatic rings. The molecule has 8 heteroatoms. The van der Waals surface area contributed by atoms with Crippen molar-refractivity contribution in [1.82, 2.24) is 5.43 Å². The SMILES string of the molecule is CNc1cccc(C)c1COc1ccc(-c2ccccc2C)c(C(F)(F)F)c1.NNC=O. The lowest BCUT2D eigenvalue weighted by molar-refractivity contribution is -0.137. The molecule has 0 aliphatic carbocycles. The maximum absolute atomic E-state index is 13.7. The minimum Gasteiger partial charge on any atom is -0.489 e. The lowest BCUT2D eigenvalue weighted by Crippen LogP contribution is -2.18. The number of nitrogens with one attached hydrogen (secondary N) is 2. The van der Waals surface area contributed by atoms with Crippen LogP contribution in [0.25, 0.3) is 11.1 Å². The fourth-order valence-corrected chi connectivity index (χ4v) is 3.24. The highest BCUT2D eigenvalue weighted by Gasteiger charge is 2.34. The van der Waals surface area contributed by atoms with E-state index in [9.17, 15) is 13.2 Å². The van der Waals surface area contributed by atoms with E-state index < -0.39 is 11.7 Å². The summed E-state index contributed by atoms with van der Waals surface area (Å²) in [6, 6.07) is 17.0. The Labute approximate surface area is 185 Å². The van der Waals surface area contributed by atoms with Gasteiger partial charge in [-0.15, -0.1) is 0 Å². The maximum Gasteiger partial charge on any atom is 0.417 e. The van der Waals surface area contributed by atoms with Crippen LogP contribution in [0.3, 0.4) is 0 Å². The second kappa shape index (κ2) is 11.2. The number of halogens is 3. The van der Waals surface area contributed by atoms with Crippen LogP contribution >= 0.6 is 0 Å². The van der Waals surface area contributed by atoms with Gasteiger partial charge in [-0.3, -0.25) is 10.2 Å². The zero-order valence-electron chi connectivity index (χ0n) is 18.1. The van der Waals surface area contributed by atoms with Crippen molar-refractivity contribution in [3.05, 3.63) is 82.9 Å². The van der Waals surface area contributed by atoms with Crippen molar-refractivity contribution >= 4 is 12.1 Å². The number of carbonyl (C=O) groups excluding carboxylic acids is 1. The summed E-state index contributed by atoms with van der Waals surface area (Å²) in [4.78, 5) is 8.94. The Bertz CT molecular complexity index is 1050. The van der Waals surface area contributed by atoms with Gasteiger partial charge in [0.2, 0.25) is 6.41 Å². The Morgan fingerprint density at radius 2 is 1.62 bits per heavy atom. The topological polar surface area (TPSA) is 76.4 Å². The quantitative estimate of drug-likeness (QED) is 0.211. The Kier molecular flexibility index (Phi) is 8.66. The largest absolute Gasteiger partial charge is 0.489 e. The van der Waals surface area contributed by atoms with Crippen molar-refractivity contribution in [3.8, 4) is 16.9 Å². The minimum atomic E-state index is -4.48. The van der Waals surface area contributed by atoms with E-state index in [-0.39, 0.29) is 17.9 Å². The van der Waals surface area contributed by atoms with E-state index in [1.165, 1.54) is 6.07 Å². The molecule has 3 rings (SSSR count). The molecule has 0 saturated carbocycles. The summed E-state index contributed by atoms with van der Waals surface area (Å²) in [7, 11) is 1.80. The molecule has 0 radical (unpaired) electrons. The lowest BCUT2D eigenvalue weighted by atomic mass is 9.95. The van der Waals surface area contributed by atoms with E-state index in [1.54, 1.807) is 43.7 Å². The van der Waals surface area contributed by atoms with Crippen molar-refractivity contribution in [2.24, 2.45) is 5.84 Å². The second-order valence-corrected chi connectivity index (χ2v) is 6.94. The molecule has 170 valence electrons. The Hall–Kier alpha value is -3.52. The number of nitrogens with two attached hydrogens (primary N) is 1. The first-order valence-electron chi connectivity index (χ1n) is 9.79. The molecule has 0 fully saturated rings. The number of rotatable bonds is 6. The van der Waals surface area contributed by atoms with E-state index >= 15 is 0 Å². The summed E-state index contributed by atoms with van der Waals surface area (Å²) >= 11 is 0. The van der Waals surface area contributed by atoms with Gasteiger partial charge in [0.05, 0.1) is 5.56 Å². The van der Waals surface area contributed by atoms with Gasteiger partial charge in [-0.25, -0.2) is 5.84 Å². The zero-order valence-corrected chi connectivity index (χ0v) is 18.1. The third-order valence-corrected chi connectivity index (χ3v) is 4.86. The molecule has 32 heavy (non-hydrogen) atoms. The number of hydrogen-bond acceptors (Lipinski definition) is 4. The van der Waals surface area contributed by atoms with Crippen LogP contribution in [0.4, 0.5) is 18.9 Å². The van der Waals surface area contributed by atoms with Crippen molar-refractivity contribution in [2.75, 3.05) is 12.4 Å². The number of ether oxygens (including phenoxy) is 1. The molecule has 0 bridgehead atoms. The highest BCUT2D eigenvalue weighted by Crippen LogP contribution is 2.40. The summed E-state index contributed by atoms with van der Waals surface area (Å²) in [5.41, 5.74) is 5.40. The van der Waals surface area contributed by atoms with Gasteiger partial charge in [-0.2, -0.15) is 13.2 Å². The number of aryl methyl sites for hydroxylation is 2. The smallest absolute Gasteiger partial charge is 0.417 e. The Morgan fingerprint density at radius 3 is 2.22 bits per heavy atom. The molecule has 1 amide bonds. The van der Waals surface area contributed by atoms with Crippen LogP contribution in [-0.2, 0) is 17.6 Å². The zero-order chi connectivity index (χ0) is 23.7. The van der Waals surface area contributed by atoms with Crippen molar-refractivity contribution < 1.29 is 22.7 Å². The van der Waals surface area contributed by atoms with Gasteiger partial charge in [0.25, 0.3) is 0 Å². The van der Waals surface area contributed by atoms with Crippen molar-refractivity contribution in [1.29, 1.82) is 0 Å². The van der Waals surface area contributed by atoms with E-state index in [0.717, 1.165) is 28.4 Å². The second-order valence-electron chi connectivity index (χ2n) is 6.94. The summed E-state index contributed by atoms with van der Waals surface area (Å²) in [5, 5.41) is 3.09. The van der Waals surface area contributed by atoms with Gasteiger partial charge in [0.1, 0.15) is 12.4 Å². The van der Waals surface area contributed by atoms with E-state index in [2.05, 4.69) is 11.2 Å². The molecule has 0 aliphatic rings. The number of anilines is 1.